The van der Waals surface area contributed by atoms with Gasteiger partial charge in [-0.2, -0.15) is 0 Å². The van der Waals surface area contributed by atoms with E-state index in [9.17, 15) is 13.2 Å². The highest BCUT2D eigenvalue weighted by Crippen LogP contribution is 2.30. The van der Waals surface area contributed by atoms with Gasteiger partial charge in [-0.1, -0.05) is 45.4 Å². The third-order valence-electron chi connectivity index (χ3n) is 4.12. The van der Waals surface area contributed by atoms with Crippen LogP contribution in [0.1, 0.15) is 58.3 Å². The highest BCUT2D eigenvalue weighted by atomic mass is 32.2. The summed E-state index contributed by atoms with van der Waals surface area (Å²) in [6.45, 7) is 2.33. The highest BCUT2D eigenvalue weighted by Gasteiger charge is 2.23. The molecule has 1 rings (SSSR count). The zero-order valence-electron chi connectivity index (χ0n) is 12.9. The molecule has 1 aliphatic carbocycles. The Morgan fingerprint density at radius 3 is 2.45 bits per heavy atom. The number of carbonyl (C=O) groups excluding carboxylic acids is 1. The Bertz CT molecular complexity index is 386. The van der Waals surface area contributed by atoms with Crippen molar-refractivity contribution in [3.63, 3.8) is 0 Å². The lowest BCUT2D eigenvalue weighted by molar-refractivity contribution is -0.125. The van der Waals surface area contributed by atoms with Crippen molar-refractivity contribution >= 4 is 15.7 Å². The Morgan fingerprint density at radius 1 is 1.25 bits per heavy atom. The summed E-state index contributed by atoms with van der Waals surface area (Å²) in [5.74, 6) is 0.811. The summed E-state index contributed by atoms with van der Waals surface area (Å²) in [6.07, 6.45) is 10.5. The van der Waals surface area contributed by atoms with E-state index in [1.165, 1.54) is 38.4 Å². The average molecular weight is 303 g/mol. The lowest BCUT2D eigenvalue weighted by atomic mass is 9.81. The van der Waals surface area contributed by atoms with Crippen LogP contribution >= 0.6 is 0 Å². The Balaban J connectivity index is 2.40. The van der Waals surface area contributed by atoms with Crippen molar-refractivity contribution < 1.29 is 13.2 Å². The van der Waals surface area contributed by atoms with E-state index in [0.29, 0.717) is 5.92 Å². The monoisotopic (exact) mass is 303 g/mol. The number of sulfone groups is 1. The molecule has 0 bridgehead atoms. The van der Waals surface area contributed by atoms with Gasteiger partial charge in [-0.3, -0.25) is 4.79 Å². The quantitative estimate of drug-likeness (QED) is 0.749. The highest BCUT2D eigenvalue weighted by molar-refractivity contribution is 7.90. The van der Waals surface area contributed by atoms with Crippen molar-refractivity contribution in [3.8, 4) is 0 Å². The fourth-order valence-electron chi connectivity index (χ4n) is 3.03. The number of hydrogen-bond donors (Lipinski definition) is 1. The molecule has 1 atom stereocenters. The van der Waals surface area contributed by atoms with Gasteiger partial charge in [-0.05, 0) is 18.8 Å². The zero-order valence-corrected chi connectivity index (χ0v) is 13.7. The Hall–Kier alpha value is -0.580. The number of nitrogens with one attached hydrogen (secondary N) is 1. The van der Waals surface area contributed by atoms with Crippen LogP contribution in [0.25, 0.3) is 0 Å². The van der Waals surface area contributed by atoms with Crippen LogP contribution < -0.4 is 5.32 Å². The average Bonchev–Trinajstić information content (AvgIpc) is 2.38. The molecule has 1 amide bonds. The van der Waals surface area contributed by atoms with Crippen molar-refractivity contribution in [2.45, 2.75) is 58.3 Å². The van der Waals surface area contributed by atoms with Gasteiger partial charge in [0.15, 0.2) is 0 Å². The molecule has 0 saturated heterocycles. The summed E-state index contributed by atoms with van der Waals surface area (Å²) in [4.78, 5) is 12.2. The number of amides is 1. The first kappa shape index (κ1) is 17.5. The minimum absolute atomic E-state index is 0.0288. The van der Waals surface area contributed by atoms with Gasteiger partial charge in [0, 0.05) is 18.7 Å². The van der Waals surface area contributed by atoms with Gasteiger partial charge in [0.05, 0.1) is 5.75 Å². The third-order valence-corrected chi connectivity index (χ3v) is 5.07. The molecule has 1 fully saturated rings. The molecule has 0 radical (unpaired) electrons. The van der Waals surface area contributed by atoms with E-state index >= 15 is 0 Å². The lowest BCUT2D eigenvalue weighted by Crippen LogP contribution is -2.35. The molecule has 5 heteroatoms. The smallest absolute Gasteiger partial charge is 0.223 e. The molecule has 1 N–H and O–H groups in total. The van der Waals surface area contributed by atoms with Crippen LogP contribution in [0.2, 0.25) is 0 Å². The maximum atomic E-state index is 12.2. The maximum Gasteiger partial charge on any atom is 0.223 e. The molecule has 1 aliphatic rings. The van der Waals surface area contributed by atoms with Crippen LogP contribution in [-0.2, 0) is 14.6 Å². The molecular formula is C15H29NO3S. The summed E-state index contributed by atoms with van der Waals surface area (Å²) in [5, 5.41) is 2.80. The predicted octanol–water partition coefficient (Wildman–Crippen LogP) is 2.53. The van der Waals surface area contributed by atoms with Gasteiger partial charge in [0.2, 0.25) is 5.91 Å². The Morgan fingerprint density at radius 2 is 1.90 bits per heavy atom. The van der Waals surface area contributed by atoms with E-state index in [1.807, 2.05) is 0 Å². The van der Waals surface area contributed by atoms with E-state index in [4.69, 9.17) is 0 Å². The second-order valence-electron chi connectivity index (χ2n) is 6.15. The molecule has 0 spiro atoms. The second-order valence-corrected chi connectivity index (χ2v) is 8.41. The minimum Gasteiger partial charge on any atom is -0.355 e. The summed E-state index contributed by atoms with van der Waals surface area (Å²) in [5.41, 5.74) is 0. The van der Waals surface area contributed by atoms with Gasteiger partial charge in [-0.25, -0.2) is 8.42 Å². The van der Waals surface area contributed by atoms with Gasteiger partial charge in [0.25, 0.3) is 0 Å². The van der Waals surface area contributed by atoms with Gasteiger partial charge in [-0.15, -0.1) is 0 Å². The van der Waals surface area contributed by atoms with E-state index < -0.39 is 9.84 Å². The Labute approximate surface area is 123 Å². The molecule has 4 nitrogen and oxygen atoms in total. The van der Waals surface area contributed by atoms with Crippen LogP contribution in [0, 0.1) is 11.8 Å². The van der Waals surface area contributed by atoms with E-state index in [1.54, 1.807) is 0 Å². The molecule has 0 aromatic heterocycles. The predicted molar refractivity (Wildman–Crippen MR) is 82.3 cm³/mol. The van der Waals surface area contributed by atoms with E-state index in [0.717, 1.165) is 19.3 Å². The molecule has 1 saturated carbocycles. The van der Waals surface area contributed by atoms with Gasteiger partial charge in [0.1, 0.15) is 9.84 Å². The van der Waals surface area contributed by atoms with E-state index in [2.05, 4.69) is 12.2 Å². The zero-order chi connectivity index (χ0) is 15.0. The van der Waals surface area contributed by atoms with Crippen LogP contribution in [-0.4, -0.2) is 32.9 Å². The summed E-state index contributed by atoms with van der Waals surface area (Å²) < 4.78 is 22.1. The largest absolute Gasteiger partial charge is 0.355 e. The molecular weight excluding hydrogens is 274 g/mol. The fraction of sp³-hybridized carbons (Fsp3) is 0.933. The Kier molecular flexibility index (Phi) is 7.56. The number of rotatable bonds is 8. The minimum atomic E-state index is -3.00. The maximum absolute atomic E-state index is 12.2. The number of hydrogen-bond acceptors (Lipinski definition) is 3. The van der Waals surface area contributed by atoms with Crippen LogP contribution in [0.4, 0.5) is 0 Å². The SMILES string of the molecule is CCCC(CC1CCCCC1)C(=O)NCCS(C)(=O)=O. The first-order valence-corrected chi connectivity index (χ1v) is 9.94. The van der Waals surface area contributed by atoms with Crippen LogP contribution in [0.3, 0.4) is 0 Å². The first-order chi connectivity index (χ1) is 9.42. The van der Waals surface area contributed by atoms with Crippen molar-refractivity contribution in [2.24, 2.45) is 11.8 Å². The van der Waals surface area contributed by atoms with Gasteiger partial charge >= 0.3 is 0 Å². The summed E-state index contributed by atoms with van der Waals surface area (Å²) >= 11 is 0. The van der Waals surface area contributed by atoms with Crippen molar-refractivity contribution in [2.75, 3.05) is 18.6 Å². The normalized spacial score (nSPS) is 18.7. The van der Waals surface area contributed by atoms with Crippen molar-refractivity contribution in [1.29, 1.82) is 0 Å². The van der Waals surface area contributed by atoms with E-state index in [-0.39, 0.29) is 24.1 Å². The summed E-state index contributed by atoms with van der Waals surface area (Å²) in [6, 6.07) is 0. The molecule has 0 aliphatic heterocycles. The molecule has 118 valence electrons. The molecule has 0 aromatic rings. The molecule has 0 heterocycles. The lowest BCUT2D eigenvalue weighted by Gasteiger charge is -2.26. The van der Waals surface area contributed by atoms with Crippen molar-refractivity contribution in [3.05, 3.63) is 0 Å². The van der Waals surface area contributed by atoms with Crippen LogP contribution in [0.5, 0.6) is 0 Å². The molecule has 1 unspecified atom stereocenters. The van der Waals surface area contributed by atoms with Gasteiger partial charge < -0.3 is 5.32 Å². The summed E-state index contributed by atoms with van der Waals surface area (Å²) in [7, 11) is -3.00. The van der Waals surface area contributed by atoms with Crippen LogP contribution in [0.15, 0.2) is 0 Å². The third kappa shape index (κ3) is 7.27. The fourth-order valence-corrected chi connectivity index (χ4v) is 3.51. The standard InChI is InChI=1S/C15H29NO3S/c1-3-7-14(12-13-8-5-4-6-9-13)15(17)16-10-11-20(2,18)19/h13-14H,3-12H2,1-2H3,(H,16,17). The topological polar surface area (TPSA) is 63.2 Å². The molecule has 0 aromatic carbocycles. The van der Waals surface area contributed by atoms with Crippen molar-refractivity contribution in [1.82, 2.24) is 5.32 Å². The molecule has 20 heavy (non-hydrogen) atoms. The first-order valence-electron chi connectivity index (χ1n) is 7.87. The second kappa shape index (κ2) is 8.65. The number of carbonyl (C=O) groups is 1.